The van der Waals surface area contributed by atoms with E-state index in [1.165, 1.54) is 17.0 Å². The second kappa shape index (κ2) is 8.54. The van der Waals surface area contributed by atoms with Gasteiger partial charge in [0.25, 0.3) is 5.91 Å². The van der Waals surface area contributed by atoms with Gasteiger partial charge in [-0.1, -0.05) is 25.4 Å². The van der Waals surface area contributed by atoms with E-state index in [-0.39, 0.29) is 22.5 Å². The normalized spacial score (nSPS) is 11.8. The Balaban J connectivity index is 2.96. The predicted molar refractivity (Wildman–Crippen MR) is 92.5 cm³/mol. The van der Waals surface area contributed by atoms with Gasteiger partial charge in [-0.05, 0) is 30.5 Å². The van der Waals surface area contributed by atoms with Crippen molar-refractivity contribution in [2.24, 2.45) is 5.92 Å². The summed E-state index contributed by atoms with van der Waals surface area (Å²) in [5.74, 6) is -1.60. The standard InChI is InChI=1S/C16H22ClN3O4/c1-9(2)7-13(15(22)23)19-14(21)11-8-10(5-6-12(11)17)18-16(24)20(3)4/h5-6,8-9,13H,7H2,1-4H3,(H,18,24)(H,19,21)(H,22,23). The molecule has 0 saturated heterocycles. The van der Waals surface area contributed by atoms with E-state index in [9.17, 15) is 19.5 Å². The maximum Gasteiger partial charge on any atom is 0.326 e. The van der Waals surface area contributed by atoms with E-state index in [2.05, 4.69) is 10.6 Å². The molecule has 24 heavy (non-hydrogen) atoms. The minimum absolute atomic E-state index is 0.100. The number of nitrogens with zero attached hydrogens (tertiary/aromatic N) is 1. The van der Waals surface area contributed by atoms with E-state index >= 15 is 0 Å². The maximum absolute atomic E-state index is 12.4. The number of hydrogen-bond donors (Lipinski definition) is 3. The lowest BCUT2D eigenvalue weighted by Crippen LogP contribution is -2.41. The molecule has 0 radical (unpaired) electrons. The van der Waals surface area contributed by atoms with E-state index in [4.69, 9.17) is 11.6 Å². The van der Waals surface area contributed by atoms with Crippen LogP contribution in [-0.2, 0) is 4.79 Å². The smallest absolute Gasteiger partial charge is 0.326 e. The largest absolute Gasteiger partial charge is 0.480 e. The van der Waals surface area contributed by atoms with Crippen LogP contribution in [0.1, 0.15) is 30.6 Å². The molecule has 0 saturated carbocycles. The Morgan fingerprint density at radius 1 is 1.25 bits per heavy atom. The topological polar surface area (TPSA) is 98.7 Å². The number of benzene rings is 1. The molecule has 1 unspecified atom stereocenters. The van der Waals surface area contributed by atoms with Crippen LogP contribution in [0.25, 0.3) is 0 Å². The van der Waals surface area contributed by atoms with Crippen molar-refractivity contribution in [2.45, 2.75) is 26.3 Å². The van der Waals surface area contributed by atoms with Gasteiger partial charge in [-0.3, -0.25) is 4.79 Å². The highest BCUT2D eigenvalue weighted by molar-refractivity contribution is 6.34. The highest BCUT2D eigenvalue weighted by Crippen LogP contribution is 2.21. The summed E-state index contributed by atoms with van der Waals surface area (Å²) in [6.45, 7) is 3.74. The van der Waals surface area contributed by atoms with Crippen molar-refractivity contribution in [3.8, 4) is 0 Å². The van der Waals surface area contributed by atoms with Gasteiger partial charge in [0.05, 0.1) is 10.6 Å². The molecule has 8 heteroatoms. The molecule has 1 aromatic rings. The van der Waals surface area contributed by atoms with Crippen molar-refractivity contribution >= 4 is 35.2 Å². The van der Waals surface area contributed by atoms with Crippen molar-refractivity contribution in [3.63, 3.8) is 0 Å². The summed E-state index contributed by atoms with van der Waals surface area (Å²) in [6.07, 6.45) is 0.301. The molecule has 0 aliphatic heterocycles. The number of aliphatic carboxylic acids is 1. The Hall–Kier alpha value is -2.28. The Bertz CT molecular complexity index is 632. The lowest BCUT2D eigenvalue weighted by Gasteiger charge is -2.17. The number of halogens is 1. The van der Waals surface area contributed by atoms with Gasteiger partial charge in [0.1, 0.15) is 6.04 Å². The van der Waals surface area contributed by atoms with Crippen LogP contribution >= 0.6 is 11.6 Å². The molecule has 0 bridgehead atoms. The minimum Gasteiger partial charge on any atom is -0.480 e. The van der Waals surface area contributed by atoms with Gasteiger partial charge in [0.15, 0.2) is 0 Å². The fraction of sp³-hybridized carbons (Fsp3) is 0.438. The molecule has 1 rings (SSSR count). The van der Waals surface area contributed by atoms with E-state index in [0.717, 1.165) is 0 Å². The Morgan fingerprint density at radius 3 is 2.38 bits per heavy atom. The number of amides is 3. The molecule has 0 aromatic heterocycles. The van der Waals surface area contributed by atoms with Crippen LogP contribution in [0.4, 0.5) is 10.5 Å². The van der Waals surface area contributed by atoms with Crippen LogP contribution in [0, 0.1) is 5.92 Å². The van der Waals surface area contributed by atoms with Gasteiger partial charge in [0.2, 0.25) is 0 Å². The number of rotatable bonds is 6. The zero-order chi connectivity index (χ0) is 18.4. The summed E-state index contributed by atoms with van der Waals surface area (Å²) < 4.78 is 0. The fourth-order valence-corrected chi connectivity index (χ4v) is 2.14. The monoisotopic (exact) mass is 355 g/mol. The third-order valence-electron chi connectivity index (χ3n) is 3.18. The number of carbonyl (C=O) groups excluding carboxylic acids is 2. The molecular weight excluding hydrogens is 334 g/mol. The Morgan fingerprint density at radius 2 is 1.88 bits per heavy atom. The second-order valence-electron chi connectivity index (χ2n) is 6.01. The molecular formula is C16H22ClN3O4. The van der Waals surface area contributed by atoms with Gasteiger partial charge in [0, 0.05) is 19.8 Å². The number of anilines is 1. The zero-order valence-corrected chi connectivity index (χ0v) is 14.8. The quantitative estimate of drug-likeness (QED) is 0.730. The fourth-order valence-electron chi connectivity index (χ4n) is 1.94. The molecule has 0 aliphatic carbocycles. The summed E-state index contributed by atoms with van der Waals surface area (Å²) in [5.41, 5.74) is 0.488. The van der Waals surface area contributed by atoms with Gasteiger partial charge in [-0.25, -0.2) is 9.59 Å². The summed E-state index contributed by atoms with van der Waals surface area (Å²) in [5, 5.41) is 14.4. The molecule has 3 N–H and O–H groups in total. The predicted octanol–water partition coefficient (Wildman–Crippen LogP) is 2.66. The maximum atomic E-state index is 12.4. The number of carboxylic acid groups (broad SMARTS) is 1. The van der Waals surface area contributed by atoms with Crippen LogP contribution in [0.3, 0.4) is 0 Å². The third kappa shape index (κ3) is 5.73. The summed E-state index contributed by atoms with van der Waals surface area (Å²) in [6, 6.07) is 3.08. The average Bonchev–Trinajstić information content (AvgIpc) is 2.47. The van der Waals surface area contributed by atoms with Crippen molar-refractivity contribution < 1.29 is 19.5 Å². The number of hydrogen-bond acceptors (Lipinski definition) is 3. The van der Waals surface area contributed by atoms with Crippen LogP contribution in [0.2, 0.25) is 5.02 Å². The van der Waals surface area contributed by atoms with E-state index in [0.29, 0.717) is 12.1 Å². The van der Waals surface area contributed by atoms with Crippen molar-refractivity contribution in [3.05, 3.63) is 28.8 Å². The minimum atomic E-state index is -1.11. The number of urea groups is 1. The second-order valence-corrected chi connectivity index (χ2v) is 6.42. The number of nitrogens with one attached hydrogen (secondary N) is 2. The summed E-state index contributed by atoms with van der Waals surface area (Å²) in [4.78, 5) is 36.6. The molecule has 0 aliphatic rings. The van der Waals surface area contributed by atoms with E-state index in [1.54, 1.807) is 20.2 Å². The zero-order valence-electron chi connectivity index (χ0n) is 14.1. The first-order valence-electron chi connectivity index (χ1n) is 7.43. The Labute approximate surface area is 146 Å². The lowest BCUT2D eigenvalue weighted by atomic mass is 10.0. The molecule has 132 valence electrons. The molecule has 0 heterocycles. The highest BCUT2D eigenvalue weighted by atomic mass is 35.5. The summed E-state index contributed by atoms with van der Waals surface area (Å²) in [7, 11) is 3.17. The number of carboxylic acids is 1. The first kappa shape index (κ1) is 19.8. The van der Waals surface area contributed by atoms with Crippen LogP contribution in [0.5, 0.6) is 0 Å². The van der Waals surface area contributed by atoms with Gasteiger partial charge in [-0.15, -0.1) is 0 Å². The highest BCUT2D eigenvalue weighted by Gasteiger charge is 2.23. The van der Waals surface area contributed by atoms with Crippen LogP contribution in [-0.4, -0.2) is 48.1 Å². The molecule has 1 aromatic carbocycles. The molecule has 0 fully saturated rings. The van der Waals surface area contributed by atoms with E-state index < -0.39 is 17.9 Å². The van der Waals surface area contributed by atoms with Crippen LogP contribution < -0.4 is 10.6 Å². The van der Waals surface area contributed by atoms with Gasteiger partial charge >= 0.3 is 12.0 Å². The SMILES string of the molecule is CC(C)CC(NC(=O)c1cc(NC(=O)N(C)C)ccc1Cl)C(=O)O. The summed E-state index contributed by atoms with van der Waals surface area (Å²) >= 11 is 6.03. The lowest BCUT2D eigenvalue weighted by molar-refractivity contribution is -0.139. The van der Waals surface area contributed by atoms with Crippen molar-refractivity contribution in [1.82, 2.24) is 10.2 Å². The average molecular weight is 356 g/mol. The van der Waals surface area contributed by atoms with Crippen molar-refractivity contribution in [2.75, 3.05) is 19.4 Å². The Kier molecular flexibility index (Phi) is 7.03. The number of carbonyl (C=O) groups is 3. The van der Waals surface area contributed by atoms with Crippen molar-refractivity contribution in [1.29, 1.82) is 0 Å². The first-order chi connectivity index (χ1) is 11.1. The molecule has 1 atom stereocenters. The van der Waals surface area contributed by atoms with Gasteiger partial charge < -0.3 is 20.6 Å². The first-order valence-corrected chi connectivity index (χ1v) is 7.81. The molecule has 0 spiro atoms. The van der Waals surface area contributed by atoms with Gasteiger partial charge in [-0.2, -0.15) is 0 Å². The van der Waals surface area contributed by atoms with Crippen LogP contribution in [0.15, 0.2) is 18.2 Å². The molecule has 3 amide bonds. The molecule has 7 nitrogen and oxygen atoms in total. The van der Waals surface area contributed by atoms with E-state index in [1.807, 2.05) is 13.8 Å². The third-order valence-corrected chi connectivity index (χ3v) is 3.51.